The molecule has 142 valence electrons. The number of carbonyl (C=O) groups is 1. The maximum absolute atomic E-state index is 12.6. The zero-order valence-electron chi connectivity index (χ0n) is 14.9. The third-order valence-electron chi connectivity index (χ3n) is 4.72. The van der Waals surface area contributed by atoms with Crippen molar-refractivity contribution in [1.82, 2.24) is 0 Å². The average Bonchev–Trinajstić information content (AvgIpc) is 3.16. The summed E-state index contributed by atoms with van der Waals surface area (Å²) in [5.41, 5.74) is 9.23. The summed E-state index contributed by atoms with van der Waals surface area (Å²) >= 11 is 0. The summed E-state index contributed by atoms with van der Waals surface area (Å²) in [4.78, 5) is 14.9. The number of hydrogen-bond donors (Lipinski definition) is 2. The molecule has 26 heavy (non-hydrogen) atoms. The Kier molecular flexibility index (Phi) is 8.93. The molecule has 2 atom stereocenters. The van der Waals surface area contributed by atoms with Gasteiger partial charge in [-0.1, -0.05) is 43.3 Å². The zero-order chi connectivity index (χ0) is 16.9. The van der Waals surface area contributed by atoms with E-state index >= 15 is 0 Å². The molecule has 2 aromatic carbocycles. The van der Waals surface area contributed by atoms with Gasteiger partial charge in [0.05, 0.1) is 5.92 Å². The van der Waals surface area contributed by atoms with E-state index in [0.29, 0.717) is 0 Å². The van der Waals surface area contributed by atoms with Crippen LogP contribution in [0.2, 0.25) is 0 Å². The van der Waals surface area contributed by atoms with Crippen LogP contribution in [0.5, 0.6) is 0 Å². The van der Waals surface area contributed by atoms with Crippen LogP contribution in [0.3, 0.4) is 0 Å². The van der Waals surface area contributed by atoms with E-state index in [0.717, 1.165) is 24.3 Å². The highest BCUT2D eigenvalue weighted by Gasteiger charge is 2.22. The van der Waals surface area contributed by atoms with Gasteiger partial charge in [0.15, 0.2) is 0 Å². The number of nitrogens with two attached hydrogens (primary N) is 1. The Morgan fingerprint density at radius 1 is 1.04 bits per heavy atom. The van der Waals surface area contributed by atoms with Crippen molar-refractivity contribution in [2.45, 2.75) is 25.8 Å². The van der Waals surface area contributed by atoms with Gasteiger partial charge in [-0.05, 0) is 36.6 Å². The quantitative estimate of drug-likeness (QED) is 0.788. The van der Waals surface area contributed by atoms with Gasteiger partial charge >= 0.3 is 0 Å². The predicted molar refractivity (Wildman–Crippen MR) is 114 cm³/mol. The van der Waals surface area contributed by atoms with E-state index in [-0.39, 0.29) is 42.7 Å². The molecule has 0 aromatic heterocycles. The van der Waals surface area contributed by atoms with Gasteiger partial charge in [-0.25, -0.2) is 0 Å². The van der Waals surface area contributed by atoms with E-state index < -0.39 is 0 Å². The molecule has 0 radical (unpaired) electrons. The number of benzene rings is 2. The van der Waals surface area contributed by atoms with Crippen molar-refractivity contribution in [1.29, 1.82) is 0 Å². The molecule has 0 aliphatic carbocycles. The molecule has 0 bridgehead atoms. The molecule has 1 aliphatic rings. The van der Waals surface area contributed by atoms with Crippen LogP contribution in [0.1, 0.15) is 31.4 Å². The van der Waals surface area contributed by atoms with Gasteiger partial charge < -0.3 is 16.0 Å². The van der Waals surface area contributed by atoms with Crippen LogP contribution >= 0.6 is 24.8 Å². The van der Waals surface area contributed by atoms with Gasteiger partial charge in [-0.3, -0.25) is 4.79 Å². The molecule has 3 N–H and O–H groups in total. The third kappa shape index (κ3) is 5.37. The summed E-state index contributed by atoms with van der Waals surface area (Å²) in [6.45, 7) is 4.05. The molecule has 1 fully saturated rings. The molecule has 3 rings (SSSR count). The second-order valence-corrected chi connectivity index (χ2v) is 6.46. The Labute approximate surface area is 168 Å². The molecule has 1 saturated heterocycles. The van der Waals surface area contributed by atoms with Crippen molar-refractivity contribution >= 4 is 42.1 Å². The monoisotopic (exact) mass is 395 g/mol. The fourth-order valence-corrected chi connectivity index (χ4v) is 3.14. The van der Waals surface area contributed by atoms with Crippen LogP contribution in [0.25, 0.3) is 0 Å². The summed E-state index contributed by atoms with van der Waals surface area (Å²) in [6.07, 6.45) is 2.47. The molecule has 1 heterocycles. The van der Waals surface area contributed by atoms with Crippen molar-refractivity contribution in [3.8, 4) is 0 Å². The standard InChI is InChI=1S/C20H25N3O.2ClH/c1-15(19(21)16-8-3-2-4-9-16)20(24)22-17-10-7-11-18(14-17)23-12-5-6-13-23;;/h2-4,7-11,14-15,19H,5-6,12-13,21H2,1H3,(H,22,24);2*1H. The number of anilines is 2. The summed E-state index contributed by atoms with van der Waals surface area (Å²) in [6, 6.07) is 17.5. The second-order valence-electron chi connectivity index (χ2n) is 6.46. The van der Waals surface area contributed by atoms with E-state index in [1.54, 1.807) is 0 Å². The smallest absolute Gasteiger partial charge is 0.229 e. The van der Waals surface area contributed by atoms with Gasteiger partial charge in [0, 0.05) is 30.5 Å². The Bertz CT molecular complexity index is 690. The van der Waals surface area contributed by atoms with Crippen molar-refractivity contribution < 1.29 is 4.79 Å². The van der Waals surface area contributed by atoms with Crippen LogP contribution < -0.4 is 16.0 Å². The summed E-state index contributed by atoms with van der Waals surface area (Å²) in [5, 5.41) is 3.01. The van der Waals surface area contributed by atoms with Crippen molar-refractivity contribution in [2.24, 2.45) is 11.7 Å². The minimum atomic E-state index is -0.312. The van der Waals surface area contributed by atoms with Crippen LogP contribution in [0.4, 0.5) is 11.4 Å². The lowest BCUT2D eigenvalue weighted by Gasteiger charge is -2.21. The van der Waals surface area contributed by atoms with Crippen LogP contribution in [0.15, 0.2) is 54.6 Å². The van der Waals surface area contributed by atoms with Crippen LogP contribution in [-0.2, 0) is 4.79 Å². The highest BCUT2D eigenvalue weighted by atomic mass is 35.5. The fourth-order valence-electron chi connectivity index (χ4n) is 3.14. The molecule has 1 aliphatic heterocycles. The Balaban J connectivity index is 0.00000169. The van der Waals surface area contributed by atoms with Gasteiger partial charge in [-0.15, -0.1) is 24.8 Å². The lowest BCUT2D eigenvalue weighted by Crippen LogP contribution is -2.30. The molecule has 2 aromatic rings. The number of nitrogens with zero attached hydrogens (tertiary/aromatic N) is 1. The normalized spacial score (nSPS) is 15.4. The van der Waals surface area contributed by atoms with E-state index in [1.165, 1.54) is 18.5 Å². The summed E-state index contributed by atoms with van der Waals surface area (Å²) < 4.78 is 0. The molecule has 4 nitrogen and oxygen atoms in total. The molecule has 0 spiro atoms. The van der Waals surface area contributed by atoms with E-state index in [9.17, 15) is 4.79 Å². The Hall–Kier alpha value is -1.75. The van der Waals surface area contributed by atoms with Gasteiger partial charge in [0.1, 0.15) is 0 Å². The summed E-state index contributed by atoms with van der Waals surface area (Å²) in [7, 11) is 0. The maximum atomic E-state index is 12.6. The number of amides is 1. The molecular formula is C20H27Cl2N3O. The SMILES string of the molecule is CC(C(=O)Nc1cccc(N2CCCC2)c1)C(N)c1ccccc1.Cl.Cl. The maximum Gasteiger partial charge on any atom is 0.229 e. The topological polar surface area (TPSA) is 58.4 Å². The molecule has 0 saturated carbocycles. The zero-order valence-corrected chi connectivity index (χ0v) is 16.6. The number of rotatable bonds is 5. The number of nitrogens with one attached hydrogen (secondary N) is 1. The predicted octanol–water partition coefficient (Wildman–Crippen LogP) is 4.41. The number of halogens is 2. The van der Waals surface area contributed by atoms with E-state index in [1.807, 2.05) is 55.5 Å². The van der Waals surface area contributed by atoms with Crippen molar-refractivity contribution in [3.63, 3.8) is 0 Å². The van der Waals surface area contributed by atoms with Crippen molar-refractivity contribution in [2.75, 3.05) is 23.3 Å². The van der Waals surface area contributed by atoms with E-state index in [4.69, 9.17) is 5.73 Å². The van der Waals surface area contributed by atoms with Gasteiger partial charge in [0.25, 0.3) is 0 Å². The average molecular weight is 396 g/mol. The van der Waals surface area contributed by atoms with Gasteiger partial charge in [-0.2, -0.15) is 0 Å². The first-order valence-corrected chi connectivity index (χ1v) is 8.61. The van der Waals surface area contributed by atoms with E-state index in [2.05, 4.69) is 16.3 Å². The highest BCUT2D eigenvalue weighted by Crippen LogP contribution is 2.25. The minimum absolute atomic E-state index is 0. The lowest BCUT2D eigenvalue weighted by atomic mass is 9.94. The first-order valence-electron chi connectivity index (χ1n) is 8.61. The molecule has 6 heteroatoms. The van der Waals surface area contributed by atoms with Crippen molar-refractivity contribution in [3.05, 3.63) is 60.2 Å². The second kappa shape index (κ2) is 10.4. The third-order valence-corrected chi connectivity index (χ3v) is 4.72. The largest absolute Gasteiger partial charge is 0.371 e. The Morgan fingerprint density at radius 3 is 2.35 bits per heavy atom. The van der Waals surface area contributed by atoms with Crippen LogP contribution in [-0.4, -0.2) is 19.0 Å². The lowest BCUT2D eigenvalue weighted by molar-refractivity contribution is -0.120. The Morgan fingerprint density at radius 2 is 1.69 bits per heavy atom. The van der Waals surface area contributed by atoms with Crippen LogP contribution in [0, 0.1) is 5.92 Å². The first-order chi connectivity index (χ1) is 11.6. The molecule has 2 unspecified atom stereocenters. The number of carbonyl (C=O) groups excluding carboxylic acids is 1. The highest BCUT2D eigenvalue weighted by molar-refractivity contribution is 5.93. The number of hydrogen-bond acceptors (Lipinski definition) is 3. The molecular weight excluding hydrogens is 369 g/mol. The summed E-state index contributed by atoms with van der Waals surface area (Å²) in [5.74, 6) is -0.354. The minimum Gasteiger partial charge on any atom is -0.371 e. The molecule has 1 amide bonds. The first kappa shape index (κ1) is 22.3. The van der Waals surface area contributed by atoms with Gasteiger partial charge in [0.2, 0.25) is 5.91 Å². The fraction of sp³-hybridized carbons (Fsp3) is 0.350.